The Morgan fingerprint density at radius 2 is 2.39 bits per heavy atom. The molecule has 2 heterocycles. The van der Waals surface area contributed by atoms with E-state index in [1.807, 2.05) is 30.4 Å². The van der Waals surface area contributed by atoms with E-state index in [0.717, 1.165) is 6.54 Å². The van der Waals surface area contributed by atoms with Gasteiger partial charge in [-0.3, -0.25) is 0 Å². The number of nitrogens with two attached hydrogens (primary N) is 1. The molecule has 0 aromatic carbocycles. The average molecular weight is 286 g/mol. The number of nitrogen functional groups attached to an aromatic ring is 1. The first-order chi connectivity index (χ1) is 8.81. The van der Waals surface area contributed by atoms with Crippen molar-refractivity contribution >= 4 is 35.0 Å². The van der Waals surface area contributed by atoms with Gasteiger partial charge in [-0.25, -0.2) is 4.98 Å². The van der Waals surface area contributed by atoms with E-state index in [4.69, 9.17) is 10.5 Å². The molecule has 2 rings (SSSR count). The Morgan fingerprint density at radius 1 is 1.50 bits per heavy atom. The highest BCUT2D eigenvalue weighted by molar-refractivity contribution is 8.06. The molecule has 0 saturated carbocycles. The minimum atomic E-state index is 0.459. The Labute approximate surface area is 116 Å². The van der Waals surface area contributed by atoms with E-state index in [2.05, 4.69) is 15.3 Å². The second-order valence-electron chi connectivity index (χ2n) is 3.82. The van der Waals surface area contributed by atoms with Crippen molar-refractivity contribution < 1.29 is 4.74 Å². The Kier molecular flexibility index (Phi) is 5.25. The van der Waals surface area contributed by atoms with Crippen molar-refractivity contribution in [3.05, 3.63) is 6.33 Å². The molecular formula is C11H18N4OS2. The largest absolute Gasteiger partial charge is 0.476 e. The van der Waals surface area contributed by atoms with E-state index in [1.165, 1.54) is 23.6 Å². The van der Waals surface area contributed by atoms with E-state index in [1.54, 1.807) is 0 Å². The van der Waals surface area contributed by atoms with E-state index >= 15 is 0 Å². The van der Waals surface area contributed by atoms with Crippen molar-refractivity contribution in [3.8, 4) is 5.88 Å². The van der Waals surface area contributed by atoms with Crippen molar-refractivity contribution in [3.63, 3.8) is 0 Å². The molecule has 1 aliphatic heterocycles. The number of ether oxygens (including phenoxy) is 1. The fraction of sp³-hybridized carbons (Fsp3) is 0.636. The fourth-order valence-electron chi connectivity index (χ4n) is 1.64. The normalized spacial score (nSPS) is 19.5. The van der Waals surface area contributed by atoms with Gasteiger partial charge in [0, 0.05) is 29.1 Å². The molecule has 0 aliphatic carbocycles. The van der Waals surface area contributed by atoms with Gasteiger partial charge in [-0.05, 0) is 6.92 Å². The second kappa shape index (κ2) is 6.94. The molecule has 1 saturated heterocycles. The number of thioether (sulfide) groups is 2. The molecule has 0 amide bonds. The average Bonchev–Trinajstić information content (AvgIpc) is 2.41. The van der Waals surface area contributed by atoms with Gasteiger partial charge in [-0.2, -0.15) is 28.5 Å². The van der Waals surface area contributed by atoms with Crippen LogP contribution in [0.1, 0.15) is 6.92 Å². The monoisotopic (exact) mass is 286 g/mol. The van der Waals surface area contributed by atoms with Crippen molar-refractivity contribution in [1.29, 1.82) is 0 Å². The standard InChI is InChI=1S/C11H18N4OS2/c1-2-16-11-9(12)10(14-7-15-11)13-5-8-6-17-3-4-18-8/h7-8H,2-6,12H2,1H3,(H,13,14,15). The van der Waals surface area contributed by atoms with Crippen LogP contribution in [0.15, 0.2) is 6.33 Å². The zero-order valence-corrected chi connectivity index (χ0v) is 12.0. The van der Waals surface area contributed by atoms with Crippen molar-refractivity contribution in [2.24, 2.45) is 0 Å². The molecular weight excluding hydrogens is 268 g/mol. The molecule has 1 aromatic heterocycles. The Morgan fingerprint density at radius 3 is 3.11 bits per heavy atom. The third-order valence-corrected chi connectivity index (χ3v) is 5.36. The van der Waals surface area contributed by atoms with Crippen LogP contribution in [0.3, 0.4) is 0 Å². The predicted molar refractivity (Wildman–Crippen MR) is 79.7 cm³/mol. The van der Waals surface area contributed by atoms with Crippen LogP contribution in [0.25, 0.3) is 0 Å². The summed E-state index contributed by atoms with van der Waals surface area (Å²) in [7, 11) is 0. The van der Waals surface area contributed by atoms with Gasteiger partial charge >= 0.3 is 0 Å². The van der Waals surface area contributed by atoms with Crippen LogP contribution in [0, 0.1) is 0 Å². The topological polar surface area (TPSA) is 73.1 Å². The van der Waals surface area contributed by atoms with Gasteiger partial charge in [0.05, 0.1) is 6.61 Å². The molecule has 100 valence electrons. The highest BCUT2D eigenvalue weighted by atomic mass is 32.2. The Bertz CT molecular complexity index is 385. The lowest BCUT2D eigenvalue weighted by molar-refractivity contribution is 0.328. The number of aromatic nitrogens is 2. The van der Waals surface area contributed by atoms with Crippen molar-refractivity contribution in [1.82, 2.24) is 9.97 Å². The summed E-state index contributed by atoms with van der Waals surface area (Å²) in [5.41, 5.74) is 6.45. The molecule has 3 N–H and O–H groups in total. The predicted octanol–water partition coefficient (Wildman–Crippen LogP) is 1.72. The first-order valence-corrected chi connectivity index (χ1v) is 8.18. The molecule has 1 aliphatic rings. The van der Waals surface area contributed by atoms with Crippen LogP contribution in [-0.4, -0.2) is 45.6 Å². The number of nitrogens with zero attached hydrogens (tertiary/aromatic N) is 2. The number of hydrogen-bond donors (Lipinski definition) is 2. The first-order valence-electron chi connectivity index (χ1n) is 5.97. The molecule has 1 aromatic rings. The maximum absolute atomic E-state index is 5.96. The van der Waals surface area contributed by atoms with E-state index < -0.39 is 0 Å². The summed E-state index contributed by atoms with van der Waals surface area (Å²) in [6, 6.07) is 0. The molecule has 0 spiro atoms. The third-order valence-electron chi connectivity index (χ3n) is 2.51. The lowest BCUT2D eigenvalue weighted by Crippen LogP contribution is -2.24. The number of rotatable bonds is 5. The van der Waals surface area contributed by atoms with Crippen LogP contribution in [0.5, 0.6) is 5.88 Å². The molecule has 7 heteroatoms. The highest BCUT2D eigenvalue weighted by Crippen LogP contribution is 2.27. The van der Waals surface area contributed by atoms with Crippen LogP contribution < -0.4 is 15.8 Å². The first kappa shape index (κ1) is 13.6. The minimum Gasteiger partial charge on any atom is -0.476 e. The molecule has 1 fully saturated rings. The summed E-state index contributed by atoms with van der Waals surface area (Å²) >= 11 is 4.01. The highest BCUT2D eigenvalue weighted by Gasteiger charge is 2.15. The zero-order chi connectivity index (χ0) is 12.8. The molecule has 0 bridgehead atoms. The van der Waals surface area contributed by atoms with Gasteiger partial charge < -0.3 is 15.8 Å². The smallest absolute Gasteiger partial charge is 0.242 e. The number of nitrogens with one attached hydrogen (secondary N) is 1. The van der Waals surface area contributed by atoms with Crippen LogP contribution in [-0.2, 0) is 0 Å². The molecule has 18 heavy (non-hydrogen) atoms. The maximum Gasteiger partial charge on any atom is 0.242 e. The summed E-state index contributed by atoms with van der Waals surface area (Å²) in [6.07, 6.45) is 1.48. The zero-order valence-electron chi connectivity index (χ0n) is 10.4. The summed E-state index contributed by atoms with van der Waals surface area (Å²) in [5.74, 6) is 4.79. The lowest BCUT2D eigenvalue weighted by Gasteiger charge is -2.21. The number of hydrogen-bond acceptors (Lipinski definition) is 7. The molecule has 1 atom stereocenters. The fourth-order valence-corrected chi connectivity index (χ4v) is 4.25. The molecule has 1 unspecified atom stereocenters. The Balaban J connectivity index is 1.93. The van der Waals surface area contributed by atoms with Crippen LogP contribution in [0.4, 0.5) is 11.5 Å². The van der Waals surface area contributed by atoms with Gasteiger partial charge in [0.2, 0.25) is 5.88 Å². The minimum absolute atomic E-state index is 0.459. The summed E-state index contributed by atoms with van der Waals surface area (Å²) in [5, 5.41) is 3.91. The summed E-state index contributed by atoms with van der Waals surface area (Å²) in [4.78, 5) is 8.18. The summed E-state index contributed by atoms with van der Waals surface area (Å²) < 4.78 is 5.34. The third kappa shape index (κ3) is 3.58. The quantitative estimate of drug-likeness (QED) is 0.853. The van der Waals surface area contributed by atoms with Crippen LogP contribution in [0.2, 0.25) is 0 Å². The maximum atomic E-state index is 5.96. The van der Waals surface area contributed by atoms with Crippen molar-refractivity contribution in [2.45, 2.75) is 12.2 Å². The van der Waals surface area contributed by atoms with Gasteiger partial charge in [0.1, 0.15) is 12.0 Å². The number of anilines is 2. The molecule has 5 nitrogen and oxygen atoms in total. The second-order valence-corrected chi connectivity index (χ2v) is 6.38. The Hall–Kier alpha value is -0.820. The van der Waals surface area contributed by atoms with Gasteiger partial charge in [-0.1, -0.05) is 0 Å². The lowest BCUT2D eigenvalue weighted by atomic mass is 10.4. The van der Waals surface area contributed by atoms with E-state index in [-0.39, 0.29) is 0 Å². The van der Waals surface area contributed by atoms with Gasteiger partial charge in [-0.15, -0.1) is 0 Å². The molecule has 0 radical (unpaired) electrons. The van der Waals surface area contributed by atoms with E-state index in [9.17, 15) is 0 Å². The van der Waals surface area contributed by atoms with E-state index in [0.29, 0.717) is 29.2 Å². The summed E-state index contributed by atoms with van der Waals surface area (Å²) in [6.45, 7) is 3.34. The van der Waals surface area contributed by atoms with Gasteiger partial charge in [0.15, 0.2) is 5.82 Å². The van der Waals surface area contributed by atoms with Crippen molar-refractivity contribution in [2.75, 3.05) is 41.5 Å². The SMILES string of the molecule is CCOc1ncnc(NCC2CSCCS2)c1N. The van der Waals surface area contributed by atoms with Crippen LogP contribution >= 0.6 is 23.5 Å². The van der Waals surface area contributed by atoms with Gasteiger partial charge in [0.25, 0.3) is 0 Å².